The van der Waals surface area contributed by atoms with Gasteiger partial charge in [-0.2, -0.15) is 0 Å². The molecule has 0 fully saturated rings. The topological polar surface area (TPSA) is 48.0 Å². The third kappa shape index (κ3) is 3.46. The fourth-order valence-electron chi connectivity index (χ4n) is 4.22. The number of nitrogens with zero attached hydrogens (tertiary/aromatic N) is 2. The lowest BCUT2D eigenvalue weighted by atomic mass is 9.96. The Morgan fingerprint density at radius 3 is 2.23 bits per heavy atom. The Labute approximate surface area is 180 Å². The van der Waals surface area contributed by atoms with Gasteiger partial charge in [-0.25, -0.2) is 0 Å². The molecule has 0 aliphatic carbocycles. The lowest BCUT2D eigenvalue weighted by molar-refractivity contribution is 0.393. The van der Waals surface area contributed by atoms with Gasteiger partial charge in [-0.1, -0.05) is 71.9 Å². The van der Waals surface area contributed by atoms with Crippen molar-refractivity contribution < 1.29 is 4.52 Å². The van der Waals surface area contributed by atoms with Gasteiger partial charge in [0.05, 0.1) is 17.8 Å². The summed E-state index contributed by atoms with van der Waals surface area (Å²) in [6.45, 7) is 4.40. The second-order valence-corrected chi connectivity index (χ2v) is 7.77. The highest BCUT2D eigenvalue weighted by molar-refractivity contribution is 5.97. The van der Waals surface area contributed by atoms with Crippen LogP contribution in [0.25, 0.3) is 33.2 Å². The van der Waals surface area contributed by atoms with Crippen LogP contribution in [-0.2, 0) is 6.54 Å². The summed E-state index contributed by atoms with van der Waals surface area (Å²) >= 11 is 0. The van der Waals surface area contributed by atoms with E-state index in [0.717, 1.165) is 50.2 Å². The number of fused-ring (bicyclic) bond motifs is 1. The minimum absolute atomic E-state index is 0.0136. The van der Waals surface area contributed by atoms with E-state index in [0.29, 0.717) is 6.54 Å². The number of pyridine rings is 1. The van der Waals surface area contributed by atoms with Crippen LogP contribution in [-0.4, -0.2) is 9.72 Å². The molecule has 0 atom stereocenters. The van der Waals surface area contributed by atoms with Gasteiger partial charge in [-0.15, -0.1) is 0 Å². The molecule has 4 nitrogen and oxygen atoms in total. The lowest BCUT2D eigenvalue weighted by Crippen LogP contribution is -2.20. The molecule has 0 unspecified atom stereocenters. The Bertz CT molecular complexity index is 1410. The minimum atomic E-state index is -0.0136. The lowest BCUT2D eigenvalue weighted by Gasteiger charge is -2.15. The van der Waals surface area contributed by atoms with Crippen LogP contribution in [0.5, 0.6) is 0 Å². The van der Waals surface area contributed by atoms with Crippen molar-refractivity contribution in [2.75, 3.05) is 0 Å². The molecule has 2 aromatic heterocycles. The number of hydrogen-bond acceptors (Lipinski definition) is 3. The number of benzene rings is 3. The van der Waals surface area contributed by atoms with E-state index >= 15 is 0 Å². The molecule has 0 N–H and O–H groups in total. The smallest absolute Gasteiger partial charge is 0.251 e. The van der Waals surface area contributed by atoms with Gasteiger partial charge in [-0.3, -0.25) is 4.79 Å². The van der Waals surface area contributed by atoms with Crippen LogP contribution >= 0.6 is 0 Å². The predicted octanol–water partition coefficient (Wildman–Crippen LogP) is 5.99. The second-order valence-electron chi connectivity index (χ2n) is 7.77. The molecule has 0 saturated carbocycles. The third-order valence-corrected chi connectivity index (χ3v) is 5.70. The quantitative estimate of drug-likeness (QED) is 0.368. The molecule has 5 aromatic rings. The van der Waals surface area contributed by atoms with E-state index < -0.39 is 0 Å². The summed E-state index contributed by atoms with van der Waals surface area (Å²) in [4.78, 5) is 13.2. The van der Waals surface area contributed by atoms with Crippen LogP contribution in [0, 0.1) is 13.8 Å². The van der Waals surface area contributed by atoms with Crippen LogP contribution in [0.4, 0.5) is 0 Å². The molecule has 0 bridgehead atoms. The average Bonchev–Trinajstić information content (AvgIpc) is 3.14. The zero-order chi connectivity index (χ0) is 21.4. The molecule has 0 aliphatic heterocycles. The normalized spacial score (nSPS) is 11.2. The minimum Gasteiger partial charge on any atom is -0.361 e. The van der Waals surface area contributed by atoms with E-state index in [2.05, 4.69) is 11.2 Å². The summed E-state index contributed by atoms with van der Waals surface area (Å²) in [5, 5.41) is 5.14. The highest BCUT2D eigenvalue weighted by Gasteiger charge is 2.16. The molecule has 2 heterocycles. The van der Waals surface area contributed by atoms with Crippen molar-refractivity contribution in [3.63, 3.8) is 0 Å². The molecule has 0 amide bonds. The second kappa shape index (κ2) is 7.73. The Morgan fingerprint density at radius 2 is 1.55 bits per heavy atom. The number of aromatic nitrogens is 2. The molecular formula is C27H22N2O2. The first-order valence-corrected chi connectivity index (χ1v) is 10.3. The molecule has 0 saturated heterocycles. The van der Waals surface area contributed by atoms with Crippen molar-refractivity contribution in [1.82, 2.24) is 9.72 Å². The molecule has 5 rings (SSSR count). The van der Waals surface area contributed by atoms with Gasteiger partial charge in [-0.05, 0) is 48.2 Å². The largest absolute Gasteiger partial charge is 0.361 e. The molecule has 0 aliphatic rings. The summed E-state index contributed by atoms with van der Waals surface area (Å²) in [6.07, 6.45) is 0. The molecule has 0 radical (unpaired) electrons. The van der Waals surface area contributed by atoms with Crippen molar-refractivity contribution in [2.45, 2.75) is 20.4 Å². The van der Waals surface area contributed by atoms with Gasteiger partial charge in [0.15, 0.2) is 0 Å². The zero-order valence-corrected chi connectivity index (χ0v) is 17.5. The van der Waals surface area contributed by atoms with Crippen LogP contribution in [0.15, 0.2) is 94.2 Å². The van der Waals surface area contributed by atoms with E-state index in [1.54, 1.807) is 6.07 Å². The molecule has 31 heavy (non-hydrogen) atoms. The summed E-state index contributed by atoms with van der Waals surface area (Å²) in [5.74, 6) is 0.788. The first kappa shape index (κ1) is 19.1. The van der Waals surface area contributed by atoms with Gasteiger partial charge in [0.25, 0.3) is 5.56 Å². The summed E-state index contributed by atoms with van der Waals surface area (Å²) in [6, 6.07) is 28.1. The van der Waals surface area contributed by atoms with Gasteiger partial charge in [0, 0.05) is 17.0 Å². The van der Waals surface area contributed by atoms with Crippen molar-refractivity contribution in [2.24, 2.45) is 0 Å². The van der Waals surface area contributed by atoms with E-state index in [1.807, 2.05) is 91.2 Å². The van der Waals surface area contributed by atoms with Gasteiger partial charge >= 0.3 is 0 Å². The molecule has 0 spiro atoms. The summed E-state index contributed by atoms with van der Waals surface area (Å²) < 4.78 is 7.23. The average molecular weight is 406 g/mol. The Balaban J connectivity index is 1.79. The monoisotopic (exact) mass is 406 g/mol. The van der Waals surface area contributed by atoms with Crippen LogP contribution < -0.4 is 5.56 Å². The third-order valence-electron chi connectivity index (χ3n) is 5.70. The SMILES string of the molecule is Cc1noc(C)c1-c1ccc2c(c1)c(-c1ccccc1)cc(=O)n2Cc1ccccc1. The Hall–Kier alpha value is -3.92. The number of rotatable bonds is 4. The van der Waals surface area contributed by atoms with Gasteiger partial charge in [0.1, 0.15) is 5.76 Å². The highest BCUT2D eigenvalue weighted by Crippen LogP contribution is 2.33. The standard InChI is InChI=1S/C27H22N2O2/c1-18-27(19(2)31-28-18)22-13-14-25-24(15-22)23(21-11-7-4-8-12-21)16-26(30)29(25)17-20-9-5-3-6-10-20/h3-16H,17H2,1-2H3. The van der Waals surface area contributed by atoms with Crippen LogP contribution in [0.3, 0.4) is 0 Å². The molecule has 4 heteroatoms. The van der Waals surface area contributed by atoms with Crippen LogP contribution in [0.2, 0.25) is 0 Å². The van der Waals surface area contributed by atoms with Crippen molar-refractivity contribution in [1.29, 1.82) is 0 Å². The maximum absolute atomic E-state index is 13.2. The van der Waals surface area contributed by atoms with E-state index in [9.17, 15) is 4.79 Å². The van der Waals surface area contributed by atoms with Gasteiger partial charge in [0.2, 0.25) is 0 Å². The fourth-order valence-corrected chi connectivity index (χ4v) is 4.22. The van der Waals surface area contributed by atoms with Crippen molar-refractivity contribution >= 4 is 10.9 Å². The van der Waals surface area contributed by atoms with Gasteiger partial charge < -0.3 is 9.09 Å². The van der Waals surface area contributed by atoms with Crippen molar-refractivity contribution in [3.05, 3.63) is 112 Å². The molecule has 3 aromatic carbocycles. The van der Waals surface area contributed by atoms with E-state index in [4.69, 9.17) is 4.52 Å². The Morgan fingerprint density at radius 1 is 0.839 bits per heavy atom. The molecular weight excluding hydrogens is 384 g/mol. The number of hydrogen-bond donors (Lipinski definition) is 0. The Kier molecular flexibility index (Phi) is 4.75. The molecule has 152 valence electrons. The first-order chi connectivity index (χ1) is 15.1. The zero-order valence-electron chi connectivity index (χ0n) is 17.5. The summed E-state index contributed by atoms with van der Waals surface area (Å²) in [7, 11) is 0. The van der Waals surface area contributed by atoms with E-state index in [1.165, 1.54) is 0 Å². The predicted molar refractivity (Wildman–Crippen MR) is 124 cm³/mol. The highest BCUT2D eigenvalue weighted by atomic mass is 16.5. The van der Waals surface area contributed by atoms with E-state index in [-0.39, 0.29) is 5.56 Å². The number of aryl methyl sites for hydroxylation is 2. The maximum Gasteiger partial charge on any atom is 0.251 e. The summed E-state index contributed by atoms with van der Waals surface area (Å²) in [5.41, 5.74) is 6.83. The fraction of sp³-hybridized carbons (Fsp3) is 0.111. The maximum atomic E-state index is 13.2. The first-order valence-electron chi connectivity index (χ1n) is 10.3. The van der Waals surface area contributed by atoms with Crippen molar-refractivity contribution in [3.8, 4) is 22.3 Å². The van der Waals surface area contributed by atoms with Crippen LogP contribution in [0.1, 0.15) is 17.0 Å².